The Morgan fingerprint density at radius 1 is 1.53 bits per heavy atom. The smallest absolute Gasteiger partial charge is 0.296 e. The first kappa shape index (κ1) is 11.2. The molecule has 80 valence electrons. The van der Waals surface area contributed by atoms with Crippen LogP contribution in [0, 0.1) is 11.8 Å². The van der Waals surface area contributed by atoms with E-state index in [-0.39, 0.29) is 18.0 Å². The highest BCUT2D eigenvalue weighted by Gasteiger charge is 2.15. The molecule has 1 rings (SSSR count). The van der Waals surface area contributed by atoms with Gasteiger partial charge in [-0.05, 0) is 26.7 Å². The first-order valence-electron chi connectivity index (χ1n) is 4.72. The minimum Gasteiger partial charge on any atom is -0.341 e. The van der Waals surface area contributed by atoms with Crippen LogP contribution in [0.3, 0.4) is 0 Å². The third-order valence-corrected chi connectivity index (χ3v) is 2.17. The predicted molar refractivity (Wildman–Crippen MR) is 55.8 cm³/mol. The van der Waals surface area contributed by atoms with Gasteiger partial charge in [-0.25, -0.2) is 9.67 Å². The summed E-state index contributed by atoms with van der Waals surface area (Å²) >= 11 is 0. The van der Waals surface area contributed by atoms with E-state index in [1.165, 1.54) is 6.33 Å². The lowest BCUT2D eigenvalue weighted by Crippen LogP contribution is -2.37. The number of amides is 1. The van der Waals surface area contributed by atoms with Gasteiger partial charge in [0, 0.05) is 6.04 Å². The summed E-state index contributed by atoms with van der Waals surface area (Å²) in [4.78, 5) is 15.0. The Labute approximate surface area is 88.9 Å². The molecular weight excluding hydrogens is 192 g/mol. The number of aromatic nitrogens is 3. The average Bonchev–Trinajstić information content (AvgIpc) is 2.69. The fourth-order valence-corrected chi connectivity index (χ4v) is 1.13. The van der Waals surface area contributed by atoms with Crippen LogP contribution in [0.2, 0.25) is 0 Å². The highest BCUT2D eigenvalue weighted by molar-refractivity contribution is 5.93. The third-order valence-electron chi connectivity index (χ3n) is 2.17. The molecule has 0 aromatic carbocycles. The molecule has 1 N–H and O–H groups in total. The molecule has 1 heterocycles. The molecule has 1 aromatic heterocycles. The van der Waals surface area contributed by atoms with Gasteiger partial charge in [-0.2, -0.15) is 5.10 Å². The fourth-order valence-electron chi connectivity index (χ4n) is 1.13. The zero-order valence-electron chi connectivity index (χ0n) is 9.06. The number of nitrogens with zero attached hydrogens (tertiary/aromatic N) is 3. The summed E-state index contributed by atoms with van der Waals surface area (Å²) in [7, 11) is 0. The molecule has 0 radical (unpaired) electrons. The Balaban J connectivity index is 2.56. The van der Waals surface area contributed by atoms with Crippen LogP contribution in [0.25, 0.3) is 0 Å². The topological polar surface area (TPSA) is 59.8 Å². The molecular formula is C10H14N4O. The molecule has 5 nitrogen and oxygen atoms in total. The number of hydrogen-bond acceptors (Lipinski definition) is 3. The van der Waals surface area contributed by atoms with Crippen molar-refractivity contribution in [3.05, 3.63) is 12.7 Å². The van der Waals surface area contributed by atoms with Crippen molar-refractivity contribution in [1.29, 1.82) is 0 Å². The number of rotatable bonds is 3. The lowest BCUT2D eigenvalue weighted by molar-refractivity contribution is -0.116. The molecule has 2 atom stereocenters. The van der Waals surface area contributed by atoms with Crippen LogP contribution < -0.4 is 5.32 Å². The minimum atomic E-state index is -0.267. The molecule has 1 aromatic rings. The van der Waals surface area contributed by atoms with Gasteiger partial charge < -0.3 is 5.32 Å². The zero-order chi connectivity index (χ0) is 11.3. The summed E-state index contributed by atoms with van der Waals surface area (Å²) in [5.74, 6) is 4.71. The van der Waals surface area contributed by atoms with Gasteiger partial charge in [0.05, 0.1) is 6.04 Å². The van der Waals surface area contributed by atoms with Crippen LogP contribution in [-0.4, -0.2) is 26.7 Å². The Morgan fingerprint density at radius 2 is 2.27 bits per heavy atom. The molecule has 5 heteroatoms. The zero-order valence-corrected chi connectivity index (χ0v) is 9.06. The number of carbonyl (C=O) groups excluding carboxylic acids is 1. The van der Waals surface area contributed by atoms with E-state index < -0.39 is 0 Å². The van der Waals surface area contributed by atoms with Crippen LogP contribution in [0.15, 0.2) is 12.7 Å². The van der Waals surface area contributed by atoms with Crippen LogP contribution in [0.5, 0.6) is 0 Å². The first-order valence-corrected chi connectivity index (χ1v) is 4.72. The van der Waals surface area contributed by atoms with Gasteiger partial charge in [0.2, 0.25) is 0 Å². The van der Waals surface area contributed by atoms with Crippen LogP contribution in [0.4, 0.5) is 0 Å². The van der Waals surface area contributed by atoms with Crippen LogP contribution >= 0.6 is 0 Å². The van der Waals surface area contributed by atoms with Crippen molar-refractivity contribution in [3.8, 4) is 11.8 Å². The van der Waals surface area contributed by atoms with Crippen molar-refractivity contribution in [2.45, 2.75) is 32.9 Å². The molecule has 0 aliphatic heterocycles. The van der Waals surface area contributed by atoms with Gasteiger partial charge in [0.1, 0.15) is 12.7 Å². The SMILES string of the molecule is CC#CC(=O)NC(C)C(C)n1cncn1. The molecule has 0 aliphatic rings. The van der Waals surface area contributed by atoms with E-state index in [1.807, 2.05) is 13.8 Å². The summed E-state index contributed by atoms with van der Waals surface area (Å²) in [6, 6.07) is 0.00940. The van der Waals surface area contributed by atoms with Crippen LogP contribution in [0.1, 0.15) is 26.8 Å². The van der Waals surface area contributed by atoms with Gasteiger partial charge in [0.15, 0.2) is 0 Å². The molecule has 0 bridgehead atoms. The lowest BCUT2D eigenvalue weighted by Gasteiger charge is -2.19. The minimum absolute atomic E-state index is 0.0416. The maximum absolute atomic E-state index is 11.2. The van der Waals surface area contributed by atoms with Crippen molar-refractivity contribution in [2.75, 3.05) is 0 Å². The Hall–Kier alpha value is -1.83. The molecule has 0 saturated heterocycles. The quantitative estimate of drug-likeness (QED) is 0.727. The van der Waals surface area contributed by atoms with Crippen LogP contribution in [-0.2, 0) is 4.79 Å². The number of carbonyl (C=O) groups is 1. The second-order valence-corrected chi connectivity index (χ2v) is 3.25. The normalized spacial score (nSPS) is 13.5. The molecule has 0 aliphatic carbocycles. The van der Waals surface area contributed by atoms with Gasteiger partial charge in [-0.15, -0.1) is 0 Å². The van der Waals surface area contributed by atoms with Crippen molar-refractivity contribution >= 4 is 5.91 Å². The maximum atomic E-state index is 11.2. The summed E-state index contributed by atoms with van der Waals surface area (Å²) in [6.45, 7) is 5.49. The first-order chi connectivity index (χ1) is 7.15. The number of hydrogen-bond donors (Lipinski definition) is 1. The number of nitrogens with one attached hydrogen (secondary N) is 1. The van der Waals surface area contributed by atoms with Gasteiger partial charge >= 0.3 is 0 Å². The summed E-state index contributed by atoms with van der Waals surface area (Å²) in [5, 5.41) is 6.78. The average molecular weight is 206 g/mol. The largest absolute Gasteiger partial charge is 0.341 e. The highest BCUT2D eigenvalue weighted by Crippen LogP contribution is 2.07. The summed E-state index contributed by atoms with van der Waals surface area (Å²) < 4.78 is 1.70. The Bertz CT molecular complexity index is 374. The van der Waals surface area contributed by atoms with E-state index in [1.54, 1.807) is 17.9 Å². The molecule has 15 heavy (non-hydrogen) atoms. The molecule has 0 saturated carbocycles. The maximum Gasteiger partial charge on any atom is 0.296 e. The van der Waals surface area contributed by atoms with E-state index in [4.69, 9.17) is 0 Å². The molecule has 0 spiro atoms. The van der Waals surface area contributed by atoms with Crippen molar-refractivity contribution in [1.82, 2.24) is 20.1 Å². The lowest BCUT2D eigenvalue weighted by atomic mass is 10.2. The summed E-state index contributed by atoms with van der Waals surface area (Å²) in [6.07, 6.45) is 3.09. The van der Waals surface area contributed by atoms with E-state index in [0.29, 0.717) is 0 Å². The monoisotopic (exact) mass is 206 g/mol. The Morgan fingerprint density at radius 3 is 2.80 bits per heavy atom. The van der Waals surface area contributed by atoms with Gasteiger partial charge in [-0.3, -0.25) is 4.79 Å². The van der Waals surface area contributed by atoms with Crippen molar-refractivity contribution in [3.63, 3.8) is 0 Å². The third kappa shape index (κ3) is 3.09. The second kappa shape index (κ2) is 5.15. The van der Waals surface area contributed by atoms with E-state index >= 15 is 0 Å². The summed E-state index contributed by atoms with van der Waals surface area (Å²) in [5.41, 5.74) is 0. The molecule has 0 fully saturated rings. The van der Waals surface area contributed by atoms with Crippen molar-refractivity contribution < 1.29 is 4.79 Å². The predicted octanol–water partition coefficient (Wildman–Crippen LogP) is 0.367. The van der Waals surface area contributed by atoms with E-state index in [2.05, 4.69) is 27.2 Å². The van der Waals surface area contributed by atoms with E-state index in [9.17, 15) is 4.79 Å². The molecule has 2 unspecified atom stereocenters. The standard InChI is InChI=1S/C10H14N4O/c1-4-5-10(15)13-8(2)9(3)14-7-11-6-12-14/h6-9H,1-3H3,(H,13,15). The van der Waals surface area contributed by atoms with Gasteiger partial charge in [-0.1, -0.05) is 5.92 Å². The second-order valence-electron chi connectivity index (χ2n) is 3.25. The van der Waals surface area contributed by atoms with Crippen molar-refractivity contribution in [2.24, 2.45) is 0 Å². The molecule has 1 amide bonds. The van der Waals surface area contributed by atoms with Gasteiger partial charge in [0.25, 0.3) is 5.91 Å². The Kier molecular flexibility index (Phi) is 3.86. The van der Waals surface area contributed by atoms with E-state index in [0.717, 1.165) is 0 Å². The highest BCUT2D eigenvalue weighted by atomic mass is 16.1. The fraction of sp³-hybridized carbons (Fsp3) is 0.500.